The lowest BCUT2D eigenvalue weighted by Gasteiger charge is -2.34. The Morgan fingerprint density at radius 1 is 1.00 bits per heavy atom. The second-order valence-electron chi connectivity index (χ2n) is 7.17. The van der Waals surface area contributed by atoms with Crippen LogP contribution in [0.15, 0.2) is 28.7 Å². The summed E-state index contributed by atoms with van der Waals surface area (Å²) in [7, 11) is 0. The average Bonchev–Trinajstić information content (AvgIpc) is 2.93. The molecule has 0 aliphatic carbocycles. The lowest BCUT2D eigenvalue weighted by atomic mass is 10.2. The summed E-state index contributed by atoms with van der Waals surface area (Å²) in [6, 6.07) is 8.08. The van der Waals surface area contributed by atoms with Gasteiger partial charge in [-0.3, -0.25) is 9.80 Å². The largest absolute Gasteiger partial charge is 0.443 e. The number of rotatable bonds is 4. The van der Waals surface area contributed by atoms with E-state index < -0.39 is 0 Å². The molecule has 27 heavy (non-hydrogen) atoms. The van der Waals surface area contributed by atoms with Gasteiger partial charge in [-0.2, -0.15) is 4.98 Å². The highest BCUT2D eigenvalue weighted by molar-refractivity contribution is 6.30. The minimum absolute atomic E-state index is 0.505. The van der Waals surface area contributed by atoms with E-state index in [-0.39, 0.29) is 0 Å². The molecule has 0 bridgehead atoms. The van der Waals surface area contributed by atoms with Gasteiger partial charge >= 0.3 is 0 Å². The van der Waals surface area contributed by atoms with Gasteiger partial charge in [0.1, 0.15) is 17.4 Å². The Morgan fingerprint density at radius 2 is 1.63 bits per heavy atom. The van der Waals surface area contributed by atoms with Crippen molar-refractivity contribution in [2.45, 2.75) is 26.9 Å². The number of nitrogens with zero attached hydrogens (tertiary/aromatic N) is 4. The number of nitrogen functional groups attached to an aromatic ring is 1. The molecule has 1 aliphatic rings. The molecular formula is C20H24ClN5O. The number of anilines is 1. The summed E-state index contributed by atoms with van der Waals surface area (Å²) in [4.78, 5) is 13.9. The number of fused-ring (bicyclic) bond motifs is 1. The zero-order valence-electron chi connectivity index (χ0n) is 15.7. The molecule has 1 aliphatic heterocycles. The Morgan fingerprint density at radius 3 is 2.30 bits per heavy atom. The van der Waals surface area contributed by atoms with Gasteiger partial charge in [0, 0.05) is 43.3 Å². The number of piperazine rings is 1. The first-order valence-corrected chi connectivity index (χ1v) is 9.58. The number of aryl methyl sites for hydroxylation is 2. The van der Waals surface area contributed by atoms with Gasteiger partial charge in [0.25, 0.3) is 0 Å². The van der Waals surface area contributed by atoms with Crippen molar-refractivity contribution in [3.8, 4) is 0 Å². The van der Waals surface area contributed by atoms with Crippen molar-refractivity contribution in [1.29, 1.82) is 0 Å². The number of furan rings is 1. The molecule has 2 aromatic heterocycles. The van der Waals surface area contributed by atoms with Gasteiger partial charge in [-0.25, -0.2) is 4.98 Å². The van der Waals surface area contributed by atoms with Crippen molar-refractivity contribution in [3.05, 3.63) is 52.0 Å². The Balaban J connectivity index is 1.37. The van der Waals surface area contributed by atoms with Crippen LogP contribution in [0, 0.1) is 13.8 Å². The van der Waals surface area contributed by atoms with E-state index >= 15 is 0 Å². The fourth-order valence-electron chi connectivity index (χ4n) is 3.55. The molecule has 0 radical (unpaired) electrons. The maximum absolute atomic E-state index is 6.15. The van der Waals surface area contributed by atoms with E-state index in [1.54, 1.807) is 0 Å². The molecule has 3 aromatic rings. The van der Waals surface area contributed by atoms with Crippen LogP contribution >= 0.6 is 11.6 Å². The van der Waals surface area contributed by atoms with Gasteiger partial charge in [0.15, 0.2) is 0 Å². The van der Waals surface area contributed by atoms with E-state index in [9.17, 15) is 0 Å². The molecule has 142 valence electrons. The van der Waals surface area contributed by atoms with Crippen LogP contribution in [0.4, 0.5) is 5.82 Å². The number of hydrogen-bond acceptors (Lipinski definition) is 6. The van der Waals surface area contributed by atoms with Gasteiger partial charge in [0.05, 0.1) is 11.9 Å². The van der Waals surface area contributed by atoms with Crippen LogP contribution in [-0.4, -0.2) is 45.9 Å². The Hall–Kier alpha value is -2.15. The van der Waals surface area contributed by atoms with E-state index in [0.29, 0.717) is 18.1 Å². The molecule has 7 heteroatoms. The number of hydrogen-bond donors (Lipinski definition) is 1. The van der Waals surface area contributed by atoms with Gasteiger partial charge in [0.2, 0.25) is 5.71 Å². The zero-order chi connectivity index (χ0) is 19.0. The zero-order valence-corrected chi connectivity index (χ0v) is 16.5. The maximum atomic E-state index is 6.15. The van der Waals surface area contributed by atoms with Gasteiger partial charge in [-0.1, -0.05) is 23.7 Å². The fraction of sp³-hybridized carbons (Fsp3) is 0.400. The summed E-state index contributed by atoms with van der Waals surface area (Å²) in [5, 5.41) is 1.62. The van der Waals surface area contributed by atoms with Crippen LogP contribution < -0.4 is 5.73 Å². The van der Waals surface area contributed by atoms with Crippen LogP contribution in [0.2, 0.25) is 5.02 Å². The van der Waals surface area contributed by atoms with Crippen LogP contribution in [0.5, 0.6) is 0 Å². The fourth-order valence-corrected chi connectivity index (χ4v) is 3.68. The molecule has 0 atom stereocenters. The lowest BCUT2D eigenvalue weighted by Crippen LogP contribution is -2.45. The van der Waals surface area contributed by atoms with Crippen LogP contribution in [0.3, 0.4) is 0 Å². The molecule has 6 nitrogen and oxygen atoms in total. The Kier molecular flexibility index (Phi) is 5.04. The number of benzene rings is 1. The third kappa shape index (κ3) is 3.93. The first kappa shape index (κ1) is 18.2. The summed E-state index contributed by atoms with van der Waals surface area (Å²) >= 11 is 5.96. The average molecular weight is 386 g/mol. The van der Waals surface area contributed by atoms with Crippen molar-refractivity contribution in [3.63, 3.8) is 0 Å². The minimum atomic E-state index is 0.505. The SMILES string of the molecule is Cc1oc2nc(CN3CCN(Cc4ccc(Cl)cc4)CC3)nc(N)c2c1C. The normalized spacial score (nSPS) is 16.3. The van der Waals surface area contributed by atoms with Crippen molar-refractivity contribution in [2.24, 2.45) is 0 Å². The quantitative estimate of drug-likeness (QED) is 0.742. The predicted octanol–water partition coefficient (Wildman–Crippen LogP) is 3.39. The van der Waals surface area contributed by atoms with Gasteiger partial charge in [-0.15, -0.1) is 0 Å². The molecule has 1 aromatic carbocycles. The highest BCUT2D eigenvalue weighted by atomic mass is 35.5. The van der Waals surface area contributed by atoms with Crippen molar-refractivity contribution >= 4 is 28.5 Å². The van der Waals surface area contributed by atoms with Crippen LogP contribution in [0.1, 0.15) is 22.7 Å². The topological polar surface area (TPSA) is 71.4 Å². The number of aromatic nitrogens is 2. The molecule has 2 N–H and O–H groups in total. The molecule has 1 fully saturated rings. The van der Waals surface area contributed by atoms with E-state index in [1.165, 1.54) is 5.56 Å². The van der Waals surface area contributed by atoms with Gasteiger partial charge < -0.3 is 10.2 Å². The van der Waals surface area contributed by atoms with Gasteiger partial charge in [-0.05, 0) is 31.5 Å². The van der Waals surface area contributed by atoms with E-state index in [4.69, 9.17) is 21.8 Å². The van der Waals surface area contributed by atoms with Crippen LogP contribution in [0.25, 0.3) is 11.1 Å². The molecule has 0 saturated carbocycles. The first-order valence-electron chi connectivity index (χ1n) is 9.21. The van der Waals surface area contributed by atoms with Crippen molar-refractivity contribution in [2.75, 3.05) is 31.9 Å². The van der Waals surface area contributed by atoms with Crippen LogP contribution in [-0.2, 0) is 13.1 Å². The van der Waals surface area contributed by atoms with Crippen molar-refractivity contribution in [1.82, 2.24) is 19.8 Å². The predicted molar refractivity (Wildman–Crippen MR) is 108 cm³/mol. The Bertz CT molecular complexity index is 945. The molecule has 0 spiro atoms. The second kappa shape index (κ2) is 7.46. The summed E-state index contributed by atoms with van der Waals surface area (Å²) in [5.74, 6) is 2.07. The second-order valence-corrected chi connectivity index (χ2v) is 7.60. The summed E-state index contributed by atoms with van der Waals surface area (Å²) in [5.41, 5.74) is 9.05. The lowest BCUT2D eigenvalue weighted by molar-refractivity contribution is 0.120. The smallest absolute Gasteiger partial charge is 0.231 e. The standard InChI is InChI=1S/C20H24ClN5O/c1-13-14(2)27-20-18(13)19(22)23-17(24-20)12-26-9-7-25(8-10-26)11-15-3-5-16(21)6-4-15/h3-6H,7-12H2,1-2H3,(H2,22,23,24). The van der Waals surface area contributed by atoms with E-state index in [1.807, 2.05) is 26.0 Å². The summed E-state index contributed by atoms with van der Waals surface area (Å²) in [6.07, 6.45) is 0. The molecule has 0 unspecified atom stereocenters. The van der Waals surface area contributed by atoms with E-state index in [2.05, 4.69) is 31.9 Å². The molecule has 3 heterocycles. The summed E-state index contributed by atoms with van der Waals surface area (Å²) < 4.78 is 5.73. The molecule has 4 rings (SSSR count). The molecule has 1 saturated heterocycles. The number of halogens is 1. The third-order valence-electron chi connectivity index (χ3n) is 5.25. The molecular weight excluding hydrogens is 362 g/mol. The Labute approximate surface area is 163 Å². The van der Waals surface area contributed by atoms with E-state index in [0.717, 1.165) is 60.3 Å². The number of nitrogens with two attached hydrogens (primary N) is 1. The minimum Gasteiger partial charge on any atom is -0.443 e. The highest BCUT2D eigenvalue weighted by Crippen LogP contribution is 2.27. The highest BCUT2D eigenvalue weighted by Gasteiger charge is 2.20. The maximum Gasteiger partial charge on any atom is 0.231 e. The first-order chi connectivity index (χ1) is 13.0. The summed E-state index contributed by atoms with van der Waals surface area (Å²) in [6.45, 7) is 9.53. The van der Waals surface area contributed by atoms with Crippen molar-refractivity contribution < 1.29 is 4.42 Å². The monoisotopic (exact) mass is 385 g/mol. The third-order valence-corrected chi connectivity index (χ3v) is 5.50. The molecule has 0 amide bonds.